The van der Waals surface area contributed by atoms with Crippen molar-refractivity contribution < 1.29 is 5.11 Å². The lowest BCUT2D eigenvalue weighted by atomic mass is 9.74. The first-order valence-corrected chi connectivity index (χ1v) is 6.87. The molecule has 1 heteroatoms. The van der Waals surface area contributed by atoms with Crippen molar-refractivity contribution in [1.82, 2.24) is 0 Å². The van der Waals surface area contributed by atoms with E-state index in [1.54, 1.807) is 0 Å². The molecule has 1 nitrogen and oxygen atoms in total. The second kappa shape index (κ2) is 5.22. The molecule has 2 unspecified atom stereocenters. The van der Waals surface area contributed by atoms with Gasteiger partial charge < -0.3 is 5.11 Å². The van der Waals surface area contributed by atoms with E-state index in [1.165, 1.54) is 30.4 Å². The summed E-state index contributed by atoms with van der Waals surface area (Å²) in [6.07, 6.45) is 15.1. The van der Waals surface area contributed by atoms with Crippen LogP contribution in [0.5, 0.6) is 0 Å². The van der Waals surface area contributed by atoms with E-state index >= 15 is 0 Å². The van der Waals surface area contributed by atoms with Gasteiger partial charge in [-0.2, -0.15) is 0 Å². The van der Waals surface area contributed by atoms with Crippen LogP contribution in [0.1, 0.15) is 46.0 Å². The van der Waals surface area contributed by atoms with E-state index in [4.69, 9.17) is 0 Å². The van der Waals surface area contributed by atoms with Gasteiger partial charge in [-0.15, -0.1) is 0 Å². The minimum absolute atomic E-state index is 0.259. The van der Waals surface area contributed by atoms with Gasteiger partial charge in [0.05, 0.1) is 0 Å². The van der Waals surface area contributed by atoms with Gasteiger partial charge in [-0.3, -0.25) is 0 Å². The van der Waals surface area contributed by atoms with Crippen molar-refractivity contribution in [2.45, 2.75) is 46.0 Å². The fourth-order valence-corrected chi connectivity index (χ4v) is 3.09. The van der Waals surface area contributed by atoms with Gasteiger partial charge in [0.25, 0.3) is 0 Å². The lowest BCUT2D eigenvalue weighted by Crippen LogP contribution is -2.21. The molecule has 2 aliphatic rings. The molecule has 17 heavy (non-hydrogen) atoms. The smallest absolute Gasteiger partial charge is 0.0459 e. The van der Waals surface area contributed by atoms with Gasteiger partial charge in [-0.05, 0) is 48.2 Å². The third-order valence-electron chi connectivity index (χ3n) is 4.16. The van der Waals surface area contributed by atoms with Gasteiger partial charge in [-0.1, -0.05) is 44.6 Å². The van der Waals surface area contributed by atoms with Crippen LogP contribution in [0.25, 0.3) is 0 Å². The quantitative estimate of drug-likeness (QED) is 0.776. The molecule has 2 bridgehead atoms. The van der Waals surface area contributed by atoms with Crippen LogP contribution in [-0.2, 0) is 0 Å². The molecule has 1 N–H and O–H groups in total. The van der Waals surface area contributed by atoms with Crippen LogP contribution in [0.2, 0.25) is 0 Å². The Morgan fingerprint density at radius 1 is 1.41 bits per heavy atom. The molecule has 0 heterocycles. The Hall–Kier alpha value is -0.820. The van der Waals surface area contributed by atoms with Crippen LogP contribution in [-0.4, -0.2) is 11.7 Å². The molecule has 2 rings (SSSR count). The molecule has 0 saturated heterocycles. The van der Waals surface area contributed by atoms with E-state index in [0.717, 1.165) is 12.8 Å². The van der Waals surface area contributed by atoms with E-state index in [0.29, 0.717) is 12.5 Å². The predicted molar refractivity (Wildman–Crippen MR) is 72.7 cm³/mol. The molecule has 2 atom stereocenters. The number of allylic oxidation sites excluding steroid dienone is 6. The van der Waals surface area contributed by atoms with Gasteiger partial charge in [0.1, 0.15) is 0 Å². The summed E-state index contributed by atoms with van der Waals surface area (Å²) in [6, 6.07) is 0. The molecule has 0 fully saturated rings. The number of fused-ring (bicyclic) bond motifs is 1. The lowest BCUT2D eigenvalue weighted by Gasteiger charge is -2.31. The topological polar surface area (TPSA) is 20.2 Å². The first-order chi connectivity index (χ1) is 8.15. The first-order valence-electron chi connectivity index (χ1n) is 6.87. The van der Waals surface area contributed by atoms with Crippen LogP contribution >= 0.6 is 0 Å². The molecule has 94 valence electrons. The zero-order valence-electron chi connectivity index (χ0n) is 11.1. The highest BCUT2D eigenvalue weighted by molar-refractivity contribution is 5.47. The number of hydrogen-bond donors (Lipinski definition) is 1. The summed E-state index contributed by atoms with van der Waals surface area (Å²) < 4.78 is 0. The molecule has 0 radical (unpaired) electrons. The Labute approximate surface area is 105 Å². The van der Waals surface area contributed by atoms with Crippen LogP contribution in [0.3, 0.4) is 0 Å². The zero-order valence-corrected chi connectivity index (χ0v) is 11.1. The van der Waals surface area contributed by atoms with Gasteiger partial charge in [0, 0.05) is 6.61 Å². The lowest BCUT2D eigenvalue weighted by molar-refractivity contribution is 0.173. The van der Waals surface area contributed by atoms with Gasteiger partial charge >= 0.3 is 0 Å². The number of aliphatic hydroxyl groups is 1. The summed E-state index contributed by atoms with van der Waals surface area (Å²) >= 11 is 0. The molecule has 0 saturated carbocycles. The largest absolute Gasteiger partial charge is 0.396 e. The van der Waals surface area contributed by atoms with Crippen molar-refractivity contribution in [3.8, 4) is 0 Å². The van der Waals surface area contributed by atoms with Gasteiger partial charge in [-0.25, -0.2) is 0 Å². The maximum absolute atomic E-state index is 9.38. The minimum Gasteiger partial charge on any atom is -0.396 e. The van der Waals surface area contributed by atoms with Crippen molar-refractivity contribution in [1.29, 1.82) is 0 Å². The first kappa shape index (κ1) is 12.6. The van der Waals surface area contributed by atoms with Crippen LogP contribution in [0.15, 0.2) is 35.5 Å². The predicted octanol–water partition coefficient (Wildman–Crippen LogP) is 4.01. The normalized spacial score (nSPS) is 29.4. The highest BCUT2D eigenvalue weighted by Crippen LogP contribution is 2.39. The highest BCUT2D eigenvalue weighted by Gasteiger charge is 2.27. The van der Waals surface area contributed by atoms with Crippen LogP contribution in [0.4, 0.5) is 0 Å². The average molecular weight is 232 g/mol. The average Bonchev–Trinajstić information content (AvgIpc) is 2.73. The Bertz CT molecular complexity index is 358. The minimum atomic E-state index is 0.259. The van der Waals surface area contributed by atoms with Crippen molar-refractivity contribution in [3.63, 3.8) is 0 Å². The van der Waals surface area contributed by atoms with Crippen LogP contribution in [0, 0.1) is 11.3 Å². The summed E-state index contributed by atoms with van der Waals surface area (Å²) in [5, 5.41) is 9.38. The SMILES string of the molecule is CCC(CO)CC1(C)C=C2C=CC(=C2)CCC1. The standard InChI is InChI=1S/C16H24O/c1-3-13(12-17)10-16(2)8-4-5-14-6-7-15(9-14)11-16/h6-7,9,11,13,17H,3-5,8,10,12H2,1-2H3. The van der Waals surface area contributed by atoms with E-state index < -0.39 is 0 Å². The Kier molecular flexibility index (Phi) is 3.88. The fourth-order valence-electron chi connectivity index (χ4n) is 3.09. The summed E-state index contributed by atoms with van der Waals surface area (Å²) in [5.41, 5.74) is 3.11. The number of rotatable bonds is 4. The third-order valence-corrected chi connectivity index (χ3v) is 4.16. The van der Waals surface area contributed by atoms with E-state index in [2.05, 4.69) is 38.2 Å². The van der Waals surface area contributed by atoms with Crippen molar-refractivity contribution in [3.05, 3.63) is 35.5 Å². The molecular formula is C16H24O. The van der Waals surface area contributed by atoms with Crippen molar-refractivity contribution in [2.24, 2.45) is 11.3 Å². The monoisotopic (exact) mass is 232 g/mol. The molecule has 0 spiro atoms. The third kappa shape index (κ3) is 3.10. The Balaban J connectivity index is 2.15. The summed E-state index contributed by atoms with van der Waals surface area (Å²) in [7, 11) is 0. The second-order valence-electron chi connectivity index (χ2n) is 5.87. The molecule has 0 aromatic rings. The van der Waals surface area contributed by atoms with Crippen LogP contribution < -0.4 is 0 Å². The maximum atomic E-state index is 9.38. The Morgan fingerprint density at radius 3 is 2.94 bits per heavy atom. The maximum Gasteiger partial charge on any atom is 0.0459 e. The summed E-state index contributed by atoms with van der Waals surface area (Å²) in [4.78, 5) is 0. The zero-order chi connectivity index (χ0) is 12.3. The number of aliphatic hydroxyl groups excluding tert-OH is 1. The van der Waals surface area contributed by atoms with Gasteiger partial charge in [0.2, 0.25) is 0 Å². The van der Waals surface area contributed by atoms with E-state index in [1.807, 2.05) is 0 Å². The van der Waals surface area contributed by atoms with Crippen molar-refractivity contribution in [2.75, 3.05) is 6.61 Å². The highest BCUT2D eigenvalue weighted by atomic mass is 16.3. The molecule has 0 amide bonds. The number of hydrogen-bond acceptors (Lipinski definition) is 1. The molecule has 0 aliphatic heterocycles. The molecule has 0 aromatic heterocycles. The van der Waals surface area contributed by atoms with Gasteiger partial charge in [0.15, 0.2) is 0 Å². The van der Waals surface area contributed by atoms with E-state index in [-0.39, 0.29) is 5.41 Å². The molecule has 2 aliphatic carbocycles. The molecular weight excluding hydrogens is 208 g/mol. The summed E-state index contributed by atoms with van der Waals surface area (Å²) in [6.45, 7) is 4.85. The second-order valence-corrected chi connectivity index (χ2v) is 5.87. The molecule has 0 aromatic carbocycles. The fraction of sp³-hybridized carbons (Fsp3) is 0.625. The summed E-state index contributed by atoms with van der Waals surface area (Å²) in [5.74, 6) is 0.449. The Morgan fingerprint density at radius 2 is 2.24 bits per heavy atom. The van der Waals surface area contributed by atoms with E-state index in [9.17, 15) is 5.11 Å². The van der Waals surface area contributed by atoms with Crippen molar-refractivity contribution >= 4 is 0 Å².